The monoisotopic (exact) mass is 466 g/mol. The van der Waals surface area contributed by atoms with Crippen LogP contribution in [-0.2, 0) is 4.74 Å². The van der Waals surface area contributed by atoms with Crippen molar-refractivity contribution < 1.29 is 4.74 Å². The van der Waals surface area contributed by atoms with Gasteiger partial charge in [0.2, 0.25) is 0 Å². The summed E-state index contributed by atoms with van der Waals surface area (Å²) >= 11 is 0. The molecule has 0 aromatic carbocycles. The SMILES string of the molecule is CCCCOCCCN=C(NCC)NC1CCN(C2CCCC2)C1.I. The van der Waals surface area contributed by atoms with Crippen molar-refractivity contribution in [2.75, 3.05) is 39.4 Å². The number of hydrogen-bond acceptors (Lipinski definition) is 3. The first-order valence-corrected chi connectivity index (χ1v) is 10.2. The molecule has 6 heteroatoms. The van der Waals surface area contributed by atoms with Gasteiger partial charge in [0.1, 0.15) is 0 Å². The van der Waals surface area contributed by atoms with Gasteiger partial charge < -0.3 is 15.4 Å². The van der Waals surface area contributed by atoms with Crippen molar-refractivity contribution in [2.24, 2.45) is 4.99 Å². The molecular formula is C19H39IN4O. The van der Waals surface area contributed by atoms with E-state index in [4.69, 9.17) is 9.73 Å². The molecule has 0 bridgehead atoms. The van der Waals surface area contributed by atoms with Gasteiger partial charge in [0, 0.05) is 51.5 Å². The molecule has 1 heterocycles. The maximum absolute atomic E-state index is 5.60. The average molecular weight is 466 g/mol. The second-order valence-electron chi connectivity index (χ2n) is 7.14. The van der Waals surface area contributed by atoms with Gasteiger partial charge in [0.25, 0.3) is 0 Å². The number of nitrogens with one attached hydrogen (secondary N) is 2. The molecule has 5 nitrogen and oxygen atoms in total. The van der Waals surface area contributed by atoms with Crippen molar-refractivity contribution in [1.82, 2.24) is 15.5 Å². The smallest absolute Gasteiger partial charge is 0.191 e. The van der Waals surface area contributed by atoms with Crippen molar-refractivity contribution >= 4 is 29.9 Å². The van der Waals surface area contributed by atoms with E-state index >= 15 is 0 Å². The quantitative estimate of drug-likeness (QED) is 0.224. The minimum Gasteiger partial charge on any atom is -0.381 e. The lowest BCUT2D eigenvalue weighted by Gasteiger charge is -2.24. The summed E-state index contributed by atoms with van der Waals surface area (Å²) in [5.74, 6) is 0.976. The van der Waals surface area contributed by atoms with Crippen LogP contribution in [0, 0.1) is 0 Å². The van der Waals surface area contributed by atoms with Gasteiger partial charge in [-0.1, -0.05) is 26.2 Å². The molecule has 25 heavy (non-hydrogen) atoms. The van der Waals surface area contributed by atoms with E-state index in [1.165, 1.54) is 51.6 Å². The number of hydrogen-bond donors (Lipinski definition) is 2. The Balaban J connectivity index is 0.00000312. The van der Waals surface area contributed by atoms with Crippen molar-refractivity contribution in [3.05, 3.63) is 0 Å². The number of guanidine groups is 1. The molecule has 148 valence electrons. The zero-order chi connectivity index (χ0) is 17.0. The van der Waals surface area contributed by atoms with Crippen LogP contribution in [0.15, 0.2) is 4.99 Å². The number of halogens is 1. The van der Waals surface area contributed by atoms with Gasteiger partial charge in [0.05, 0.1) is 0 Å². The first-order chi connectivity index (χ1) is 11.8. The largest absolute Gasteiger partial charge is 0.381 e. The van der Waals surface area contributed by atoms with Crippen LogP contribution in [0.4, 0.5) is 0 Å². The fraction of sp³-hybridized carbons (Fsp3) is 0.947. The van der Waals surface area contributed by atoms with Gasteiger partial charge in [-0.3, -0.25) is 9.89 Å². The molecule has 1 aliphatic heterocycles. The molecule has 1 unspecified atom stereocenters. The molecule has 1 saturated carbocycles. The summed E-state index contributed by atoms with van der Waals surface area (Å²) in [5.41, 5.74) is 0. The van der Waals surface area contributed by atoms with E-state index in [1.54, 1.807) is 0 Å². The molecule has 2 N–H and O–H groups in total. The minimum atomic E-state index is 0. The van der Waals surface area contributed by atoms with Crippen LogP contribution < -0.4 is 10.6 Å². The second-order valence-corrected chi connectivity index (χ2v) is 7.14. The van der Waals surface area contributed by atoms with Crippen molar-refractivity contribution in [3.8, 4) is 0 Å². The Morgan fingerprint density at radius 3 is 2.60 bits per heavy atom. The highest BCUT2D eigenvalue weighted by molar-refractivity contribution is 14.0. The number of aliphatic imine (C=N–C) groups is 1. The van der Waals surface area contributed by atoms with Gasteiger partial charge in [-0.25, -0.2) is 0 Å². The van der Waals surface area contributed by atoms with Gasteiger partial charge in [-0.15, -0.1) is 24.0 Å². The molecule has 0 radical (unpaired) electrons. The van der Waals surface area contributed by atoms with E-state index in [0.717, 1.165) is 51.1 Å². The zero-order valence-electron chi connectivity index (χ0n) is 16.3. The average Bonchev–Trinajstić information content (AvgIpc) is 3.25. The highest BCUT2D eigenvalue weighted by Crippen LogP contribution is 2.26. The fourth-order valence-corrected chi connectivity index (χ4v) is 3.73. The normalized spacial score (nSPS) is 22.2. The van der Waals surface area contributed by atoms with Crippen LogP contribution in [-0.4, -0.2) is 62.3 Å². The van der Waals surface area contributed by atoms with Crippen LogP contribution in [0.1, 0.15) is 65.2 Å². The van der Waals surface area contributed by atoms with Gasteiger partial charge in [-0.05, 0) is 39.0 Å². The lowest BCUT2D eigenvalue weighted by Crippen LogP contribution is -2.45. The number of rotatable bonds is 10. The second kappa shape index (κ2) is 14.0. The molecule has 0 spiro atoms. The highest BCUT2D eigenvalue weighted by Gasteiger charge is 2.30. The van der Waals surface area contributed by atoms with Crippen LogP contribution >= 0.6 is 24.0 Å². The number of ether oxygens (including phenoxy) is 1. The molecular weight excluding hydrogens is 427 g/mol. The van der Waals surface area contributed by atoms with Gasteiger partial charge in [0.15, 0.2) is 5.96 Å². The summed E-state index contributed by atoms with van der Waals surface area (Å²) in [5, 5.41) is 7.02. The molecule has 1 saturated heterocycles. The van der Waals surface area contributed by atoms with Gasteiger partial charge in [-0.2, -0.15) is 0 Å². The molecule has 0 aromatic heterocycles. The van der Waals surface area contributed by atoms with Crippen molar-refractivity contribution in [3.63, 3.8) is 0 Å². The van der Waals surface area contributed by atoms with E-state index < -0.39 is 0 Å². The van der Waals surface area contributed by atoms with Crippen molar-refractivity contribution in [1.29, 1.82) is 0 Å². The summed E-state index contributed by atoms with van der Waals surface area (Å²) in [6.07, 6.45) is 10.2. The fourth-order valence-electron chi connectivity index (χ4n) is 3.73. The van der Waals surface area contributed by atoms with E-state index in [2.05, 4.69) is 29.4 Å². The maximum Gasteiger partial charge on any atom is 0.191 e. The number of unbranched alkanes of at least 4 members (excludes halogenated alkanes) is 1. The first-order valence-electron chi connectivity index (χ1n) is 10.2. The first kappa shape index (κ1) is 23.0. The van der Waals surface area contributed by atoms with Crippen LogP contribution in [0.25, 0.3) is 0 Å². The Bertz CT molecular complexity index is 361. The molecule has 2 aliphatic rings. The summed E-state index contributed by atoms with van der Waals surface area (Å²) in [6, 6.07) is 1.39. The number of nitrogens with zero attached hydrogens (tertiary/aromatic N) is 2. The summed E-state index contributed by atoms with van der Waals surface area (Å²) in [6.45, 7) is 10.2. The van der Waals surface area contributed by atoms with E-state index in [1.807, 2.05) is 0 Å². The van der Waals surface area contributed by atoms with E-state index in [0.29, 0.717) is 6.04 Å². The Labute approximate surface area is 171 Å². The predicted octanol–water partition coefficient (Wildman–Crippen LogP) is 3.38. The third kappa shape index (κ3) is 8.91. The van der Waals surface area contributed by atoms with E-state index in [9.17, 15) is 0 Å². The Hall–Kier alpha value is -0.0800. The Morgan fingerprint density at radius 2 is 1.88 bits per heavy atom. The Kier molecular flexibility index (Phi) is 12.9. The topological polar surface area (TPSA) is 48.9 Å². The summed E-state index contributed by atoms with van der Waals surface area (Å²) < 4.78 is 5.60. The minimum absolute atomic E-state index is 0. The zero-order valence-corrected chi connectivity index (χ0v) is 18.6. The van der Waals surface area contributed by atoms with Crippen LogP contribution in [0.3, 0.4) is 0 Å². The third-order valence-corrected chi connectivity index (χ3v) is 5.10. The molecule has 2 fully saturated rings. The molecule has 0 aromatic rings. The Morgan fingerprint density at radius 1 is 1.12 bits per heavy atom. The maximum atomic E-state index is 5.60. The molecule has 1 atom stereocenters. The van der Waals surface area contributed by atoms with E-state index in [-0.39, 0.29) is 24.0 Å². The standard InChI is InChI=1S/C19H38N4O.HI/c1-3-5-14-24-15-8-12-21-19(20-4-2)22-17-11-13-23(16-17)18-9-6-7-10-18;/h17-18H,3-16H2,1-2H3,(H2,20,21,22);1H. The van der Waals surface area contributed by atoms with Crippen LogP contribution in [0.5, 0.6) is 0 Å². The van der Waals surface area contributed by atoms with Crippen molar-refractivity contribution in [2.45, 2.75) is 77.3 Å². The number of likely N-dealkylation sites (tertiary alicyclic amines) is 1. The molecule has 1 aliphatic carbocycles. The lowest BCUT2D eigenvalue weighted by atomic mass is 10.2. The molecule has 0 amide bonds. The lowest BCUT2D eigenvalue weighted by molar-refractivity contribution is 0.130. The third-order valence-electron chi connectivity index (χ3n) is 5.10. The summed E-state index contributed by atoms with van der Waals surface area (Å²) in [4.78, 5) is 7.40. The highest BCUT2D eigenvalue weighted by atomic mass is 127. The molecule has 2 rings (SSSR count). The van der Waals surface area contributed by atoms with Crippen LogP contribution in [0.2, 0.25) is 0 Å². The predicted molar refractivity (Wildman–Crippen MR) is 117 cm³/mol. The summed E-state index contributed by atoms with van der Waals surface area (Å²) in [7, 11) is 0. The van der Waals surface area contributed by atoms with Gasteiger partial charge >= 0.3 is 0 Å².